The van der Waals surface area contributed by atoms with Crippen molar-refractivity contribution in [3.8, 4) is 0 Å². The van der Waals surface area contributed by atoms with Gasteiger partial charge in [0.2, 0.25) is 0 Å². The lowest BCUT2D eigenvalue weighted by atomic mass is 10.0. The van der Waals surface area contributed by atoms with E-state index in [0.717, 1.165) is 21.3 Å². The van der Waals surface area contributed by atoms with Crippen molar-refractivity contribution in [2.75, 3.05) is 0 Å². The maximum atomic E-state index is 13.0. The molecule has 0 spiro atoms. The van der Waals surface area contributed by atoms with Crippen molar-refractivity contribution in [3.05, 3.63) is 63.6 Å². The van der Waals surface area contributed by atoms with E-state index >= 15 is 0 Å². The average molecular weight is 309 g/mol. The van der Waals surface area contributed by atoms with E-state index in [1.54, 1.807) is 12.3 Å². The minimum absolute atomic E-state index is 0.188. The summed E-state index contributed by atoms with van der Waals surface area (Å²) < 4.78 is 13.7. The Morgan fingerprint density at radius 1 is 1.33 bits per heavy atom. The van der Waals surface area contributed by atoms with E-state index in [-0.39, 0.29) is 11.9 Å². The van der Waals surface area contributed by atoms with Gasteiger partial charge in [0.05, 0.1) is 11.7 Å². The number of aromatic nitrogens is 1. The molecule has 1 atom stereocenters. The lowest BCUT2D eigenvalue weighted by molar-refractivity contribution is 0.623. The highest BCUT2D eigenvalue weighted by Crippen LogP contribution is 2.23. The molecule has 0 aliphatic heterocycles. The summed E-state index contributed by atoms with van der Waals surface area (Å²) in [5.74, 6) is -0.257. The van der Waals surface area contributed by atoms with Crippen LogP contribution in [0.1, 0.15) is 22.9 Å². The molecule has 0 bridgehead atoms. The lowest BCUT2D eigenvalue weighted by Crippen LogP contribution is -2.15. The summed E-state index contributed by atoms with van der Waals surface area (Å²) in [6.45, 7) is 2.01. The molecule has 2 nitrogen and oxygen atoms in total. The van der Waals surface area contributed by atoms with E-state index in [1.807, 2.05) is 19.1 Å². The van der Waals surface area contributed by atoms with Crippen LogP contribution < -0.4 is 5.73 Å². The minimum Gasteiger partial charge on any atom is -0.322 e. The molecule has 1 unspecified atom stereocenters. The fourth-order valence-corrected chi connectivity index (χ4v) is 2.30. The van der Waals surface area contributed by atoms with Crippen molar-refractivity contribution < 1.29 is 4.39 Å². The summed E-state index contributed by atoms with van der Waals surface area (Å²) in [7, 11) is 0. The number of aryl methyl sites for hydroxylation is 1. The molecule has 1 heterocycles. The number of hydrogen-bond donors (Lipinski definition) is 1. The van der Waals surface area contributed by atoms with E-state index in [0.29, 0.717) is 6.42 Å². The van der Waals surface area contributed by atoms with Gasteiger partial charge < -0.3 is 5.73 Å². The molecule has 2 aromatic rings. The SMILES string of the molecule is Cc1ccnc(C(N)Cc2ccc(F)cc2Br)c1. The van der Waals surface area contributed by atoms with Gasteiger partial charge in [0, 0.05) is 10.7 Å². The number of halogens is 2. The monoisotopic (exact) mass is 308 g/mol. The van der Waals surface area contributed by atoms with Crippen LogP contribution in [0.25, 0.3) is 0 Å². The summed E-state index contributed by atoms with van der Waals surface area (Å²) in [4.78, 5) is 4.27. The zero-order chi connectivity index (χ0) is 13.1. The summed E-state index contributed by atoms with van der Waals surface area (Å²) in [6, 6.07) is 8.36. The molecule has 94 valence electrons. The molecule has 18 heavy (non-hydrogen) atoms. The van der Waals surface area contributed by atoms with Gasteiger partial charge in [-0.25, -0.2) is 4.39 Å². The third kappa shape index (κ3) is 3.15. The third-order valence-electron chi connectivity index (χ3n) is 2.77. The largest absolute Gasteiger partial charge is 0.322 e. The molecule has 0 amide bonds. The van der Waals surface area contributed by atoms with Gasteiger partial charge in [-0.1, -0.05) is 22.0 Å². The number of nitrogens with two attached hydrogens (primary N) is 1. The Bertz CT molecular complexity index is 557. The second kappa shape index (κ2) is 5.59. The van der Waals surface area contributed by atoms with Crippen LogP contribution in [0.3, 0.4) is 0 Å². The quantitative estimate of drug-likeness (QED) is 0.942. The molecule has 2 rings (SSSR count). The number of pyridine rings is 1. The number of nitrogens with zero attached hydrogens (tertiary/aromatic N) is 1. The molecule has 1 aromatic carbocycles. The van der Waals surface area contributed by atoms with Crippen LogP contribution in [-0.2, 0) is 6.42 Å². The molecule has 0 aliphatic carbocycles. The van der Waals surface area contributed by atoms with Crippen LogP contribution >= 0.6 is 15.9 Å². The van der Waals surface area contributed by atoms with Gasteiger partial charge in [0.25, 0.3) is 0 Å². The molecular formula is C14H14BrFN2. The molecule has 0 saturated carbocycles. The van der Waals surface area contributed by atoms with Gasteiger partial charge in [0.1, 0.15) is 5.82 Å². The molecule has 0 saturated heterocycles. The molecule has 0 aliphatic rings. The zero-order valence-corrected chi connectivity index (χ0v) is 11.6. The van der Waals surface area contributed by atoms with Crippen molar-refractivity contribution in [3.63, 3.8) is 0 Å². The van der Waals surface area contributed by atoms with Gasteiger partial charge in [-0.05, 0) is 48.7 Å². The molecule has 1 aromatic heterocycles. The van der Waals surface area contributed by atoms with Crippen molar-refractivity contribution in [1.82, 2.24) is 4.98 Å². The molecular weight excluding hydrogens is 295 g/mol. The summed E-state index contributed by atoms with van der Waals surface area (Å²) >= 11 is 3.35. The van der Waals surface area contributed by atoms with Gasteiger partial charge >= 0.3 is 0 Å². The Hall–Kier alpha value is -1.26. The summed E-state index contributed by atoms with van der Waals surface area (Å²) in [5.41, 5.74) is 9.09. The maximum Gasteiger partial charge on any atom is 0.124 e. The van der Waals surface area contributed by atoms with Crippen LogP contribution in [-0.4, -0.2) is 4.98 Å². The Labute approximate surface area is 114 Å². The van der Waals surface area contributed by atoms with Gasteiger partial charge in [-0.2, -0.15) is 0 Å². The molecule has 4 heteroatoms. The Morgan fingerprint density at radius 3 is 2.78 bits per heavy atom. The Morgan fingerprint density at radius 2 is 2.11 bits per heavy atom. The first-order valence-electron chi connectivity index (χ1n) is 5.68. The first kappa shape index (κ1) is 13.2. The highest BCUT2D eigenvalue weighted by Gasteiger charge is 2.11. The highest BCUT2D eigenvalue weighted by molar-refractivity contribution is 9.10. The lowest BCUT2D eigenvalue weighted by Gasteiger charge is -2.13. The molecule has 0 radical (unpaired) electrons. The van der Waals surface area contributed by atoms with Crippen LogP contribution in [0.4, 0.5) is 4.39 Å². The van der Waals surface area contributed by atoms with Crippen LogP contribution in [0.15, 0.2) is 41.0 Å². The van der Waals surface area contributed by atoms with E-state index in [9.17, 15) is 4.39 Å². The molecule has 2 N–H and O–H groups in total. The Balaban J connectivity index is 2.18. The van der Waals surface area contributed by atoms with Crippen molar-refractivity contribution in [2.24, 2.45) is 5.73 Å². The zero-order valence-electron chi connectivity index (χ0n) is 10.0. The standard InChI is InChI=1S/C14H14BrFN2/c1-9-4-5-18-14(6-9)13(17)7-10-2-3-11(16)8-12(10)15/h2-6,8,13H,7,17H2,1H3. The molecule has 0 fully saturated rings. The van der Waals surface area contributed by atoms with E-state index < -0.39 is 0 Å². The van der Waals surface area contributed by atoms with Crippen molar-refractivity contribution in [2.45, 2.75) is 19.4 Å². The number of hydrogen-bond acceptors (Lipinski definition) is 2. The van der Waals surface area contributed by atoms with E-state index in [2.05, 4.69) is 20.9 Å². The first-order chi connectivity index (χ1) is 8.56. The van der Waals surface area contributed by atoms with Gasteiger partial charge in [-0.15, -0.1) is 0 Å². The highest BCUT2D eigenvalue weighted by atomic mass is 79.9. The van der Waals surface area contributed by atoms with Crippen molar-refractivity contribution in [1.29, 1.82) is 0 Å². The van der Waals surface area contributed by atoms with E-state index in [1.165, 1.54) is 12.1 Å². The van der Waals surface area contributed by atoms with Gasteiger partial charge in [-0.3, -0.25) is 4.98 Å². The average Bonchev–Trinajstić information content (AvgIpc) is 2.32. The predicted octanol–water partition coefficient (Wildman–Crippen LogP) is 3.53. The van der Waals surface area contributed by atoms with Crippen LogP contribution in [0, 0.1) is 12.7 Å². The smallest absolute Gasteiger partial charge is 0.124 e. The summed E-state index contributed by atoms with van der Waals surface area (Å²) in [6.07, 6.45) is 2.38. The number of rotatable bonds is 3. The third-order valence-corrected chi connectivity index (χ3v) is 3.51. The second-order valence-corrected chi connectivity index (χ2v) is 5.16. The fraction of sp³-hybridized carbons (Fsp3) is 0.214. The maximum absolute atomic E-state index is 13.0. The summed E-state index contributed by atoms with van der Waals surface area (Å²) in [5, 5.41) is 0. The van der Waals surface area contributed by atoms with Crippen LogP contribution in [0.2, 0.25) is 0 Å². The first-order valence-corrected chi connectivity index (χ1v) is 6.47. The normalized spacial score (nSPS) is 12.4. The second-order valence-electron chi connectivity index (χ2n) is 4.30. The topological polar surface area (TPSA) is 38.9 Å². The minimum atomic E-state index is -0.257. The fourth-order valence-electron chi connectivity index (χ4n) is 1.79. The number of benzene rings is 1. The van der Waals surface area contributed by atoms with E-state index in [4.69, 9.17) is 5.73 Å². The Kier molecular flexibility index (Phi) is 4.09. The van der Waals surface area contributed by atoms with Crippen LogP contribution in [0.5, 0.6) is 0 Å². The van der Waals surface area contributed by atoms with Gasteiger partial charge in [0.15, 0.2) is 0 Å². The predicted molar refractivity (Wildman–Crippen MR) is 73.7 cm³/mol. The van der Waals surface area contributed by atoms with Crippen molar-refractivity contribution >= 4 is 15.9 Å².